The van der Waals surface area contributed by atoms with Crippen molar-refractivity contribution in [3.63, 3.8) is 0 Å². The lowest BCUT2D eigenvalue weighted by molar-refractivity contribution is -0.111. The van der Waals surface area contributed by atoms with Crippen molar-refractivity contribution in [2.24, 2.45) is 0 Å². The van der Waals surface area contributed by atoms with Gasteiger partial charge in [0.1, 0.15) is 11.5 Å². The van der Waals surface area contributed by atoms with Crippen molar-refractivity contribution in [3.8, 4) is 11.5 Å². The second-order valence-corrected chi connectivity index (χ2v) is 6.74. The highest BCUT2D eigenvalue weighted by atomic mass is 35.5. The van der Waals surface area contributed by atoms with Crippen molar-refractivity contribution in [1.82, 2.24) is 10.2 Å². The van der Waals surface area contributed by atoms with Crippen LogP contribution in [0.15, 0.2) is 18.7 Å². The summed E-state index contributed by atoms with van der Waals surface area (Å²) in [6.45, 7) is 3.45. The Morgan fingerprint density at radius 1 is 1.35 bits per heavy atom. The number of carbonyl (C=O) groups excluding carboxylic acids is 1. The van der Waals surface area contributed by atoms with Crippen LogP contribution in [0.5, 0.6) is 11.5 Å². The molecule has 1 heterocycles. The SMILES string of the molecule is C=CC(=O)Nc1n[nH]c2c1CCC(c1c(Cl)c(OC)cc(OC)c1Cl)C2. The first-order chi connectivity index (χ1) is 12.5. The van der Waals surface area contributed by atoms with Crippen LogP contribution in [0, 0.1) is 0 Å². The first-order valence-electron chi connectivity index (χ1n) is 8.09. The number of carbonyl (C=O) groups is 1. The van der Waals surface area contributed by atoms with Crippen LogP contribution in [0.4, 0.5) is 5.82 Å². The molecule has 0 bridgehead atoms. The van der Waals surface area contributed by atoms with Crippen LogP contribution in [0.1, 0.15) is 29.2 Å². The van der Waals surface area contributed by atoms with Gasteiger partial charge in [0.25, 0.3) is 0 Å². The summed E-state index contributed by atoms with van der Waals surface area (Å²) in [6, 6.07) is 1.68. The minimum atomic E-state index is -0.287. The van der Waals surface area contributed by atoms with Crippen LogP contribution >= 0.6 is 23.2 Å². The van der Waals surface area contributed by atoms with E-state index in [0.717, 1.165) is 29.7 Å². The highest BCUT2D eigenvalue weighted by Gasteiger charge is 2.30. The third kappa shape index (κ3) is 3.27. The number of ether oxygens (including phenoxy) is 2. The molecular weight excluding hydrogens is 377 g/mol. The molecule has 0 aliphatic heterocycles. The Kier molecular flexibility index (Phi) is 5.44. The van der Waals surface area contributed by atoms with E-state index < -0.39 is 0 Å². The van der Waals surface area contributed by atoms with Gasteiger partial charge in [-0.2, -0.15) is 5.10 Å². The third-order valence-corrected chi connectivity index (χ3v) is 5.37. The maximum absolute atomic E-state index is 11.5. The lowest BCUT2D eigenvalue weighted by atomic mass is 9.82. The minimum absolute atomic E-state index is 0.0786. The number of nitrogens with one attached hydrogen (secondary N) is 2. The maximum Gasteiger partial charge on any atom is 0.248 e. The van der Waals surface area contributed by atoms with E-state index in [2.05, 4.69) is 22.1 Å². The summed E-state index contributed by atoms with van der Waals surface area (Å²) in [5.74, 6) is 1.39. The third-order valence-electron chi connectivity index (χ3n) is 4.59. The zero-order chi connectivity index (χ0) is 18.8. The van der Waals surface area contributed by atoms with E-state index in [0.29, 0.717) is 33.8 Å². The fourth-order valence-electron chi connectivity index (χ4n) is 3.29. The van der Waals surface area contributed by atoms with E-state index in [-0.39, 0.29) is 11.8 Å². The van der Waals surface area contributed by atoms with E-state index in [4.69, 9.17) is 32.7 Å². The summed E-state index contributed by atoms with van der Waals surface area (Å²) >= 11 is 13.1. The normalized spacial score (nSPS) is 15.9. The second-order valence-electron chi connectivity index (χ2n) is 5.99. The van der Waals surface area contributed by atoms with E-state index in [1.54, 1.807) is 20.3 Å². The molecule has 3 rings (SSSR count). The molecule has 1 amide bonds. The predicted molar refractivity (Wildman–Crippen MR) is 102 cm³/mol. The Morgan fingerprint density at radius 3 is 2.58 bits per heavy atom. The Morgan fingerprint density at radius 2 is 2.00 bits per heavy atom. The number of aromatic amines is 1. The van der Waals surface area contributed by atoms with Crippen molar-refractivity contribution in [1.29, 1.82) is 0 Å². The number of benzene rings is 1. The topological polar surface area (TPSA) is 76.2 Å². The van der Waals surface area contributed by atoms with Crippen LogP contribution in [0.25, 0.3) is 0 Å². The average molecular weight is 396 g/mol. The van der Waals surface area contributed by atoms with Gasteiger partial charge < -0.3 is 14.8 Å². The molecule has 138 valence electrons. The van der Waals surface area contributed by atoms with Crippen molar-refractivity contribution in [2.75, 3.05) is 19.5 Å². The number of hydrogen-bond donors (Lipinski definition) is 2. The molecule has 1 aromatic carbocycles. The van der Waals surface area contributed by atoms with Crippen LogP contribution in [-0.4, -0.2) is 30.3 Å². The summed E-state index contributed by atoms with van der Waals surface area (Å²) in [5, 5.41) is 10.9. The number of anilines is 1. The fraction of sp³-hybridized carbons (Fsp3) is 0.333. The van der Waals surface area contributed by atoms with Gasteiger partial charge in [-0.25, -0.2) is 0 Å². The van der Waals surface area contributed by atoms with Gasteiger partial charge in [0, 0.05) is 22.9 Å². The van der Waals surface area contributed by atoms with Gasteiger partial charge >= 0.3 is 0 Å². The molecule has 0 spiro atoms. The van der Waals surface area contributed by atoms with Gasteiger partial charge in [0.05, 0.1) is 24.3 Å². The zero-order valence-electron chi connectivity index (χ0n) is 14.5. The van der Waals surface area contributed by atoms with E-state index >= 15 is 0 Å². The summed E-state index contributed by atoms with van der Waals surface area (Å²) in [7, 11) is 3.11. The van der Waals surface area contributed by atoms with E-state index in [1.807, 2.05) is 0 Å². The lowest BCUT2D eigenvalue weighted by Crippen LogP contribution is -2.15. The largest absolute Gasteiger partial charge is 0.495 e. The Bertz CT molecular complexity index is 836. The van der Waals surface area contributed by atoms with Crippen LogP contribution < -0.4 is 14.8 Å². The van der Waals surface area contributed by atoms with Gasteiger partial charge in [0.15, 0.2) is 5.82 Å². The standard InChI is InChI=1S/C18H19Cl2N3O3/c1-4-14(24)21-18-10-6-5-9(7-11(10)22-23-18)15-16(19)12(25-2)8-13(26-3)17(15)20/h4,8-9H,1,5-7H2,2-3H3,(H2,21,22,23,24). The van der Waals surface area contributed by atoms with Crippen molar-refractivity contribution >= 4 is 34.9 Å². The molecule has 26 heavy (non-hydrogen) atoms. The second kappa shape index (κ2) is 7.60. The monoisotopic (exact) mass is 395 g/mol. The van der Waals surface area contributed by atoms with Crippen molar-refractivity contribution in [3.05, 3.63) is 45.6 Å². The van der Waals surface area contributed by atoms with Gasteiger partial charge in [0.2, 0.25) is 5.91 Å². The molecule has 1 atom stereocenters. The number of aromatic nitrogens is 2. The molecule has 6 nitrogen and oxygen atoms in total. The number of amides is 1. The van der Waals surface area contributed by atoms with Crippen LogP contribution in [0.3, 0.4) is 0 Å². The molecule has 2 N–H and O–H groups in total. The molecule has 0 fully saturated rings. The first-order valence-corrected chi connectivity index (χ1v) is 8.85. The molecular formula is C18H19Cl2N3O3. The highest BCUT2D eigenvalue weighted by Crippen LogP contribution is 2.47. The molecule has 1 aliphatic rings. The summed E-state index contributed by atoms with van der Waals surface area (Å²) in [4.78, 5) is 11.5. The quantitative estimate of drug-likeness (QED) is 0.746. The average Bonchev–Trinajstić information content (AvgIpc) is 3.04. The van der Waals surface area contributed by atoms with E-state index in [9.17, 15) is 4.79 Å². The molecule has 2 aromatic rings. The lowest BCUT2D eigenvalue weighted by Gasteiger charge is -2.26. The predicted octanol–water partition coefficient (Wildman–Crippen LogP) is 4.13. The molecule has 0 saturated heterocycles. The molecule has 1 unspecified atom stereocenters. The Balaban J connectivity index is 1.95. The fourth-order valence-corrected chi connectivity index (χ4v) is 4.10. The maximum atomic E-state index is 11.5. The highest BCUT2D eigenvalue weighted by molar-refractivity contribution is 6.38. The van der Waals surface area contributed by atoms with Gasteiger partial charge in [-0.15, -0.1) is 0 Å². The van der Waals surface area contributed by atoms with Gasteiger partial charge in [-0.1, -0.05) is 29.8 Å². The summed E-state index contributed by atoms with van der Waals surface area (Å²) < 4.78 is 10.7. The van der Waals surface area contributed by atoms with Crippen molar-refractivity contribution in [2.45, 2.75) is 25.2 Å². The molecule has 1 aliphatic carbocycles. The first kappa shape index (κ1) is 18.6. The van der Waals surface area contributed by atoms with E-state index in [1.165, 1.54) is 6.08 Å². The number of methoxy groups -OCH3 is 2. The Labute approximate surface area is 161 Å². The number of rotatable bonds is 5. The number of H-pyrrole nitrogens is 1. The smallest absolute Gasteiger partial charge is 0.248 e. The van der Waals surface area contributed by atoms with Gasteiger partial charge in [-0.3, -0.25) is 9.89 Å². The molecule has 0 radical (unpaired) electrons. The number of nitrogens with zero attached hydrogens (tertiary/aromatic N) is 1. The number of fused-ring (bicyclic) bond motifs is 1. The van der Waals surface area contributed by atoms with Crippen molar-refractivity contribution < 1.29 is 14.3 Å². The zero-order valence-corrected chi connectivity index (χ0v) is 16.0. The number of halogens is 2. The molecule has 0 saturated carbocycles. The summed E-state index contributed by atoms with van der Waals surface area (Å²) in [5.41, 5.74) is 2.76. The Hall–Kier alpha value is -2.18. The van der Waals surface area contributed by atoms with Crippen LogP contribution in [-0.2, 0) is 17.6 Å². The molecule has 8 heteroatoms. The molecule has 1 aromatic heterocycles. The number of hydrogen-bond acceptors (Lipinski definition) is 4. The van der Waals surface area contributed by atoms with Gasteiger partial charge in [-0.05, 0) is 31.3 Å². The minimum Gasteiger partial charge on any atom is -0.495 e. The van der Waals surface area contributed by atoms with Crippen LogP contribution in [0.2, 0.25) is 10.0 Å². The summed E-state index contributed by atoms with van der Waals surface area (Å²) in [6.07, 6.45) is 3.42.